The number of aryl methyl sites for hydroxylation is 1. The summed E-state index contributed by atoms with van der Waals surface area (Å²) >= 11 is 0. The number of aromatic nitrogens is 1. The Morgan fingerprint density at radius 3 is 2.47 bits per heavy atom. The van der Waals surface area contributed by atoms with Crippen LogP contribution in [0.2, 0.25) is 0 Å². The first-order chi connectivity index (χ1) is 14.6. The molecule has 2 aromatic rings. The maximum absolute atomic E-state index is 12.5. The third-order valence-electron chi connectivity index (χ3n) is 6.14. The molecule has 1 aromatic carbocycles. The van der Waals surface area contributed by atoms with Gasteiger partial charge in [-0.05, 0) is 24.3 Å². The molecule has 4 atom stereocenters. The van der Waals surface area contributed by atoms with Crippen molar-refractivity contribution in [1.82, 2.24) is 14.8 Å². The Hall–Kier alpha value is -2.39. The Morgan fingerprint density at radius 1 is 1.10 bits per heavy atom. The van der Waals surface area contributed by atoms with Crippen molar-refractivity contribution >= 4 is 11.6 Å². The highest BCUT2D eigenvalue weighted by molar-refractivity contribution is 5.92. The van der Waals surface area contributed by atoms with E-state index in [9.17, 15) is 15.0 Å². The lowest BCUT2D eigenvalue weighted by Gasteiger charge is -2.41. The fraction of sp³-hybridized carbons (Fsp3) is 0.500. The zero-order chi connectivity index (χ0) is 21.1. The van der Waals surface area contributed by atoms with E-state index in [0.29, 0.717) is 5.69 Å². The van der Waals surface area contributed by atoms with Crippen molar-refractivity contribution in [2.24, 2.45) is 7.05 Å². The summed E-state index contributed by atoms with van der Waals surface area (Å²) in [6.07, 6.45) is 0.000566. The second-order valence-electron chi connectivity index (χ2n) is 7.95. The smallest absolute Gasteiger partial charge is 0.267 e. The highest BCUT2D eigenvalue weighted by atomic mass is 16.5. The van der Waals surface area contributed by atoms with Gasteiger partial charge in [0.1, 0.15) is 17.9 Å². The number of amides is 1. The molecule has 2 saturated heterocycles. The molecule has 0 aliphatic carbocycles. The van der Waals surface area contributed by atoms with Crippen LogP contribution >= 0.6 is 0 Å². The average Bonchev–Trinajstić information content (AvgIpc) is 3.35. The van der Waals surface area contributed by atoms with Crippen molar-refractivity contribution in [2.45, 2.75) is 24.4 Å². The van der Waals surface area contributed by atoms with Crippen LogP contribution in [0, 0.1) is 0 Å². The number of hydrogen-bond acceptors (Lipinski definition) is 6. The summed E-state index contributed by atoms with van der Waals surface area (Å²) in [5, 5.41) is 23.3. The highest BCUT2D eigenvalue weighted by Gasteiger charge is 2.46. The molecule has 3 heterocycles. The number of aliphatic hydroxyl groups excluding tert-OH is 2. The van der Waals surface area contributed by atoms with Gasteiger partial charge >= 0.3 is 0 Å². The maximum Gasteiger partial charge on any atom is 0.267 e. The molecule has 0 spiro atoms. The molecule has 162 valence electrons. The number of carbonyl (C=O) groups is 1. The Morgan fingerprint density at radius 2 is 1.83 bits per heavy atom. The normalized spacial score (nSPS) is 27.4. The number of piperazine rings is 1. The number of hydrogen-bond donors (Lipinski definition) is 3. The molecular formula is C22H30N4O4. The number of carbonyl (C=O) groups excluding carboxylic acids is 1. The zero-order valence-electron chi connectivity index (χ0n) is 17.2. The lowest BCUT2D eigenvalue weighted by molar-refractivity contribution is -0.0209. The third kappa shape index (κ3) is 4.22. The van der Waals surface area contributed by atoms with Gasteiger partial charge in [0.05, 0.1) is 18.8 Å². The SMILES string of the molecule is Cn1cccc1C(=O)NC[C@@H]1O[C@@H](CO)[C@@H](O)[C@H]1N1CCN(c2ccccc2)CC1. The van der Waals surface area contributed by atoms with Crippen LogP contribution in [0.5, 0.6) is 0 Å². The van der Waals surface area contributed by atoms with Crippen LogP contribution < -0.4 is 10.2 Å². The molecule has 1 aromatic heterocycles. The summed E-state index contributed by atoms with van der Waals surface area (Å²) in [6, 6.07) is 13.6. The molecule has 0 radical (unpaired) electrons. The van der Waals surface area contributed by atoms with Crippen molar-refractivity contribution in [3.05, 3.63) is 54.4 Å². The first-order valence-electron chi connectivity index (χ1n) is 10.5. The van der Waals surface area contributed by atoms with E-state index in [1.165, 1.54) is 5.69 Å². The maximum atomic E-state index is 12.5. The van der Waals surface area contributed by atoms with Gasteiger partial charge < -0.3 is 29.7 Å². The van der Waals surface area contributed by atoms with Crippen LogP contribution in [0.1, 0.15) is 10.5 Å². The predicted molar refractivity (Wildman–Crippen MR) is 114 cm³/mol. The topological polar surface area (TPSA) is 90.2 Å². The van der Waals surface area contributed by atoms with Gasteiger partial charge in [-0.25, -0.2) is 0 Å². The van der Waals surface area contributed by atoms with Crippen LogP contribution in [0.15, 0.2) is 48.7 Å². The number of aliphatic hydroxyl groups is 2. The van der Waals surface area contributed by atoms with Crippen molar-refractivity contribution in [1.29, 1.82) is 0 Å². The molecule has 2 fully saturated rings. The van der Waals surface area contributed by atoms with E-state index in [-0.39, 0.29) is 31.2 Å². The minimum absolute atomic E-state index is 0.180. The molecule has 8 nitrogen and oxygen atoms in total. The van der Waals surface area contributed by atoms with Crippen LogP contribution in [-0.2, 0) is 11.8 Å². The van der Waals surface area contributed by atoms with E-state index in [1.54, 1.807) is 10.6 Å². The summed E-state index contributed by atoms with van der Waals surface area (Å²) in [4.78, 5) is 17.0. The molecule has 8 heteroatoms. The number of ether oxygens (including phenoxy) is 1. The Balaban J connectivity index is 1.39. The molecule has 2 aliphatic heterocycles. The molecule has 4 rings (SSSR count). The number of anilines is 1. The lowest BCUT2D eigenvalue weighted by Crippen LogP contribution is -2.57. The molecule has 0 bridgehead atoms. The van der Waals surface area contributed by atoms with Crippen molar-refractivity contribution in [3.63, 3.8) is 0 Å². The van der Waals surface area contributed by atoms with Crippen LogP contribution in [0.25, 0.3) is 0 Å². The third-order valence-corrected chi connectivity index (χ3v) is 6.14. The first-order valence-corrected chi connectivity index (χ1v) is 10.5. The van der Waals surface area contributed by atoms with Gasteiger partial charge in [-0.15, -0.1) is 0 Å². The number of benzene rings is 1. The summed E-state index contributed by atoms with van der Waals surface area (Å²) < 4.78 is 7.68. The van der Waals surface area contributed by atoms with Crippen molar-refractivity contribution in [2.75, 3.05) is 44.2 Å². The Bertz CT molecular complexity index is 835. The summed E-state index contributed by atoms with van der Waals surface area (Å²) in [5.74, 6) is -0.180. The van der Waals surface area contributed by atoms with Crippen LogP contribution in [0.3, 0.4) is 0 Å². The molecule has 0 unspecified atom stereocenters. The summed E-state index contributed by atoms with van der Waals surface area (Å²) in [6.45, 7) is 3.28. The minimum Gasteiger partial charge on any atom is -0.394 e. The van der Waals surface area contributed by atoms with E-state index in [2.05, 4.69) is 27.2 Å². The van der Waals surface area contributed by atoms with Crippen LogP contribution in [-0.4, -0.2) is 89.3 Å². The average molecular weight is 415 g/mol. The number of nitrogens with one attached hydrogen (secondary N) is 1. The standard InChI is InChI=1S/C22H30N4O4/c1-24-9-5-8-17(24)22(29)23-14-18-20(21(28)19(15-27)30-18)26-12-10-25(11-13-26)16-6-3-2-4-7-16/h2-9,18-21,27-28H,10-15H2,1H3,(H,23,29)/t18-,19-,20-,21+/m0/s1. The molecule has 0 saturated carbocycles. The summed E-state index contributed by atoms with van der Waals surface area (Å²) in [5.41, 5.74) is 1.76. The van der Waals surface area contributed by atoms with Gasteiger partial charge in [0.2, 0.25) is 0 Å². The van der Waals surface area contributed by atoms with Gasteiger partial charge in [-0.2, -0.15) is 0 Å². The Labute approximate surface area is 176 Å². The number of nitrogens with zero attached hydrogens (tertiary/aromatic N) is 3. The summed E-state index contributed by atoms with van der Waals surface area (Å²) in [7, 11) is 1.82. The molecule has 2 aliphatic rings. The van der Waals surface area contributed by atoms with Crippen molar-refractivity contribution in [3.8, 4) is 0 Å². The highest BCUT2D eigenvalue weighted by Crippen LogP contribution is 2.27. The first kappa shape index (κ1) is 20.9. The van der Waals surface area contributed by atoms with E-state index in [1.807, 2.05) is 37.5 Å². The monoisotopic (exact) mass is 414 g/mol. The van der Waals surface area contributed by atoms with E-state index in [4.69, 9.17) is 4.74 Å². The van der Waals surface area contributed by atoms with Gasteiger partial charge in [-0.1, -0.05) is 18.2 Å². The fourth-order valence-corrected chi connectivity index (χ4v) is 4.49. The predicted octanol–water partition coefficient (Wildman–Crippen LogP) is 0.0663. The van der Waals surface area contributed by atoms with Crippen LogP contribution in [0.4, 0.5) is 5.69 Å². The Kier molecular flexibility index (Phi) is 6.38. The van der Waals surface area contributed by atoms with Gasteiger partial charge in [0, 0.05) is 51.7 Å². The molecular weight excluding hydrogens is 384 g/mol. The largest absolute Gasteiger partial charge is 0.394 e. The second-order valence-corrected chi connectivity index (χ2v) is 7.95. The van der Waals surface area contributed by atoms with Gasteiger partial charge in [-0.3, -0.25) is 9.69 Å². The van der Waals surface area contributed by atoms with Gasteiger partial charge in [0.15, 0.2) is 0 Å². The minimum atomic E-state index is -0.796. The fourth-order valence-electron chi connectivity index (χ4n) is 4.49. The van der Waals surface area contributed by atoms with E-state index >= 15 is 0 Å². The number of rotatable bonds is 6. The quantitative estimate of drug-likeness (QED) is 0.620. The molecule has 1 amide bonds. The second kappa shape index (κ2) is 9.18. The van der Waals surface area contributed by atoms with Gasteiger partial charge in [0.25, 0.3) is 5.91 Å². The molecule has 30 heavy (non-hydrogen) atoms. The zero-order valence-corrected chi connectivity index (χ0v) is 17.2. The number of para-hydroxylation sites is 1. The lowest BCUT2D eigenvalue weighted by atomic mass is 10.0. The van der Waals surface area contributed by atoms with E-state index < -0.39 is 12.2 Å². The van der Waals surface area contributed by atoms with E-state index in [0.717, 1.165) is 26.2 Å². The molecule has 3 N–H and O–H groups in total. The van der Waals surface area contributed by atoms with Crippen molar-refractivity contribution < 1.29 is 19.7 Å².